The number of alkyl halides is 4. The molecular weight excluding hydrogens is 667 g/mol. The van der Waals surface area contributed by atoms with Crippen LogP contribution >= 0.6 is 0 Å². The zero-order valence-corrected chi connectivity index (χ0v) is 27.4. The lowest BCUT2D eigenvalue weighted by Crippen LogP contribution is -2.49. The maximum atomic E-state index is 16.0. The molecule has 0 bridgehead atoms. The van der Waals surface area contributed by atoms with Gasteiger partial charge < -0.3 is 24.1 Å². The number of hydrogen-bond acceptors (Lipinski definition) is 9. The van der Waals surface area contributed by atoms with Crippen LogP contribution in [0.1, 0.15) is 58.1 Å². The Hall–Kier alpha value is -5.59. The van der Waals surface area contributed by atoms with E-state index in [0.29, 0.717) is 22.9 Å². The molecule has 5 rings (SSSR count). The number of alkyl carbamates (subject to hydrolysis) is 1. The molecule has 0 aliphatic carbocycles. The smallest absolute Gasteiger partial charge is 0.408 e. The Balaban J connectivity index is 1.55. The zero-order chi connectivity index (χ0) is 36.6. The molecule has 16 heteroatoms. The fourth-order valence-electron chi connectivity index (χ4n) is 5.05. The van der Waals surface area contributed by atoms with Crippen LogP contribution in [0.15, 0.2) is 59.1 Å². The Morgan fingerprint density at radius 2 is 1.82 bits per heavy atom. The summed E-state index contributed by atoms with van der Waals surface area (Å²) in [5, 5.41) is 19.3. The Morgan fingerprint density at radius 3 is 2.42 bits per heavy atom. The van der Waals surface area contributed by atoms with Crippen molar-refractivity contribution < 1.29 is 45.4 Å². The van der Waals surface area contributed by atoms with E-state index in [1.807, 2.05) is 6.07 Å². The minimum absolute atomic E-state index is 0.133. The molecule has 1 aliphatic rings. The molecule has 3 heterocycles. The van der Waals surface area contributed by atoms with Crippen LogP contribution in [-0.2, 0) is 27.4 Å². The number of carbonyl (C=O) groups is 2. The van der Waals surface area contributed by atoms with E-state index in [9.17, 15) is 23.6 Å². The van der Waals surface area contributed by atoms with Crippen molar-refractivity contribution in [2.24, 2.45) is 0 Å². The van der Waals surface area contributed by atoms with Crippen molar-refractivity contribution in [1.29, 1.82) is 5.26 Å². The lowest BCUT2D eigenvalue weighted by Gasteiger charge is -2.27. The minimum Gasteiger partial charge on any atom is -0.444 e. The number of anilines is 1. The van der Waals surface area contributed by atoms with Crippen LogP contribution in [0.25, 0.3) is 22.7 Å². The summed E-state index contributed by atoms with van der Waals surface area (Å²) in [6.45, 7) is 4.35. The van der Waals surface area contributed by atoms with Gasteiger partial charge in [-0.2, -0.15) is 14.0 Å². The second-order valence-electron chi connectivity index (χ2n) is 13.0. The first kappa shape index (κ1) is 35.7. The number of benzene rings is 2. The van der Waals surface area contributed by atoms with Gasteiger partial charge in [0, 0.05) is 17.5 Å². The van der Waals surface area contributed by atoms with Gasteiger partial charge in [0.2, 0.25) is 11.8 Å². The molecule has 11 nitrogen and oxygen atoms in total. The van der Waals surface area contributed by atoms with E-state index in [1.165, 1.54) is 26.0 Å². The second-order valence-corrected chi connectivity index (χ2v) is 13.0. The van der Waals surface area contributed by atoms with E-state index in [2.05, 4.69) is 25.2 Å². The van der Waals surface area contributed by atoms with Gasteiger partial charge in [-0.15, -0.1) is 10.2 Å². The van der Waals surface area contributed by atoms with Crippen LogP contribution in [0.2, 0.25) is 0 Å². The Kier molecular flexibility index (Phi) is 9.55. The molecule has 1 N–H and O–H groups in total. The van der Waals surface area contributed by atoms with Gasteiger partial charge in [0.05, 0.1) is 35.8 Å². The van der Waals surface area contributed by atoms with Crippen LogP contribution in [0.3, 0.4) is 0 Å². The van der Waals surface area contributed by atoms with E-state index in [4.69, 9.17) is 9.15 Å². The number of rotatable bonds is 8. The van der Waals surface area contributed by atoms with E-state index in [-0.39, 0.29) is 23.9 Å². The summed E-state index contributed by atoms with van der Waals surface area (Å²) < 4.78 is 87.7. The number of amides is 2. The fourth-order valence-corrected chi connectivity index (χ4v) is 5.05. The third-order valence-corrected chi connectivity index (χ3v) is 7.51. The third kappa shape index (κ3) is 7.82. The first-order valence-electron chi connectivity index (χ1n) is 15.2. The number of halogens is 5. The third-order valence-electron chi connectivity index (χ3n) is 7.51. The van der Waals surface area contributed by atoms with Crippen molar-refractivity contribution in [3.05, 3.63) is 77.6 Å². The number of aromatic nitrogens is 3. The molecule has 1 atom stereocenters. The normalized spacial score (nSPS) is 16.0. The summed E-state index contributed by atoms with van der Waals surface area (Å²) in [7, 11) is 0. The number of ether oxygens (including phenoxy) is 2. The molecule has 50 heavy (non-hydrogen) atoms. The van der Waals surface area contributed by atoms with Crippen molar-refractivity contribution in [3.8, 4) is 34.5 Å². The molecule has 2 aromatic carbocycles. The molecule has 0 fully saturated rings. The summed E-state index contributed by atoms with van der Waals surface area (Å²) in [6.07, 6.45) is -1.18. The maximum Gasteiger partial charge on any atom is 0.408 e. The summed E-state index contributed by atoms with van der Waals surface area (Å²) in [5.74, 6) is -6.60. The average Bonchev–Trinajstić information content (AvgIpc) is 3.51. The number of hydrogen-bond donors (Lipinski definition) is 1. The predicted octanol–water partition coefficient (Wildman–Crippen LogP) is 7.26. The lowest BCUT2D eigenvalue weighted by atomic mass is 9.96. The Labute approximate surface area is 283 Å². The summed E-state index contributed by atoms with van der Waals surface area (Å²) in [6, 6.07) is 11.0. The van der Waals surface area contributed by atoms with Crippen LogP contribution in [-0.4, -0.2) is 45.4 Å². The molecule has 1 aliphatic heterocycles. The van der Waals surface area contributed by atoms with Crippen molar-refractivity contribution >= 4 is 17.7 Å². The molecule has 2 amide bonds. The Bertz CT molecular complexity index is 1940. The highest BCUT2D eigenvalue weighted by Crippen LogP contribution is 2.45. The monoisotopic (exact) mass is 698 g/mol. The predicted molar refractivity (Wildman–Crippen MR) is 167 cm³/mol. The molecule has 0 spiro atoms. The van der Waals surface area contributed by atoms with Gasteiger partial charge in [-0.3, -0.25) is 9.78 Å². The van der Waals surface area contributed by atoms with Crippen molar-refractivity contribution in [2.45, 2.75) is 77.2 Å². The molecule has 262 valence electrons. The number of nitriles is 1. The molecule has 0 saturated carbocycles. The summed E-state index contributed by atoms with van der Waals surface area (Å²) in [5.41, 5.74) is -2.45. The largest absolute Gasteiger partial charge is 0.444 e. The molecule has 0 unspecified atom stereocenters. The van der Waals surface area contributed by atoms with Crippen LogP contribution in [0.5, 0.6) is 5.75 Å². The van der Waals surface area contributed by atoms with E-state index in [1.54, 1.807) is 45.0 Å². The maximum absolute atomic E-state index is 16.0. The molecule has 0 radical (unpaired) electrons. The highest BCUT2D eigenvalue weighted by atomic mass is 19.3. The van der Waals surface area contributed by atoms with Gasteiger partial charge in [0.1, 0.15) is 28.6 Å². The zero-order valence-electron chi connectivity index (χ0n) is 27.4. The van der Waals surface area contributed by atoms with Crippen LogP contribution in [0, 0.1) is 17.1 Å². The van der Waals surface area contributed by atoms with Crippen molar-refractivity contribution in [3.63, 3.8) is 0 Å². The second kappa shape index (κ2) is 13.4. The highest BCUT2D eigenvalue weighted by Gasteiger charge is 2.47. The fraction of sp³-hybridized carbons (Fsp3) is 0.353. The molecule has 2 aromatic heterocycles. The quantitative estimate of drug-likeness (QED) is 0.188. The Morgan fingerprint density at radius 1 is 1.12 bits per heavy atom. The number of fused-ring (bicyclic) bond motifs is 1. The van der Waals surface area contributed by atoms with Gasteiger partial charge in [-0.25, -0.2) is 18.0 Å². The van der Waals surface area contributed by atoms with E-state index >= 15 is 13.2 Å². The van der Waals surface area contributed by atoms with Gasteiger partial charge in [-0.1, -0.05) is 24.3 Å². The van der Waals surface area contributed by atoms with Gasteiger partial charge in [-0.05, 0) is 64.4 Å². The van der Waals surface area contributed by atoms with Crippen molar-refractivity contribution in [2.75, 3.05) is 4.90 Å². The lowest BCUT2D eigenvalue weighted by molar-refractivity contribution is -0.123. The molecular formula is C34H31F5N6O5. The average molecular weight is 699 g/mol. The van der Waals surface area contributed by atoms with Crippen LogP contribution in [0.4, 0.5) is 32.4 Å². The van der Waals surface area contributed by atoms with Gasteiger partial charge in [0.25, 0.3) is 11.8 Å². The topological polar surface area (TPSA) is 143 Å². The summed E-state index contributed by atoms with van der Waals surface area (Å²) >= 11 is 0. The summed E-state index contributed by atoms with van der Waals surface area (Å²) in [4.78, 5) is 31.8. The van der Waals surface area contributed by atoms with Gasteiger partial charge >= 0.3 is 12.7 Å². The first-order chi connectivity index (χ1) is 23.4. The van der Waals surface area contributed by atoms with Crippen LogP contribution < -0.4 is 15.0 Å². The number of nitrogens with zero attached hydrogens (tertiary/aromatic N) is 5. The van der Waals surface area contributed by atoms with Crippen molar-refractivity contribution in [1.82, 2.24) is 20.5 Å². The van der Waals surface area contributed by atoms with E-state index in [0.717, 1.165) is 17.2 Å². The SMILES string of the molecule is CC(C)(C)OC(=O)N[C@H]1CC(F)(F)c2cc(F)c(-c3nnc(C(C)(C)C#N)o3)cc2N(Cc2ccc(-c3ccc(OC(F)F)cn3)cc2)C1=O. The first-order valence-corrected chi connectivity index (χ1v) is 15.2. The molecule has 4 aromatic rings. The van der Waals surface area contributed by atoms with Gasteiger partial charge in [0.15, 0.2) is 0 Å². The van der Waals surface area contributed by atoms with E-state index < -0.39 is 70.8 Å². The number of pyridine rings is 1. The number of nitrogens with one attached hydrogen (secondary N) is 1. The standard InChI is InChI=1S/C34H31F5N6O5/c1-32(2,3)50-31(47)42-25-14-34(38,39)22-13-23(35)21(27-43-44-29(49-27)33(4,5)17-40)12-26(22)45(28(25)46)16-18-6-8-19(9-7-18)24-11-10-20(15-41-24)48-30(36)37/h6-13,15,25,30H,14,16H2,1-5H3,(H,42,47)/t25-/m0/s1. The minimum atomic E-state index is -3.82. The highest BCUT2D eigenvalue weighted by molar-refractivity contribution is 6.01. The molecule has 0 saturated heterocycles. The number of carbonyl (C=O) groups excluding carboxylic acids is 2.